The van der Waals surface area contributed by atoms with Crippen LogP contribution in [0, 0.1) is 6.92 Å². The first-order valence-corrected chi connectivity index (χ1v) is 4.12. The van der Waals surface area contributed by atoms with Gasteiger partial charge in [0.1, 0.15) is 6.10 Å². The molecule has 1 atom stereocenters. The van der Waals surface area contributed by atoms with Crippen LogP contribution in [0.4, 0.5) is 0 Å². The Hall–Kier alpha value is -0.860. The van der Waals surface area contributed by atoms with E-state index in [1.807, 2.05) is 25.1 Å². The molecule has 1 aliphatic heterocycles. The molecule has 64 valence electrons. The van der Waals surface area contributed by atoms with E-state index in [0.29, 0.717) is 13.2 Å². The van der Waals surface area contributed by atoms with Crippen LogP contribution in [0.3, 0.4) is 0 Å². The van der Waals surface area contributed by atoms with E-state index in [9.17, 15) is 5.11 Å². The zero-order chi connectivity index (χ0) is 8.55. The van der Waals surface area contributed by atoms with Crippen LogP contribution in [0.1, 0.15) is 22.8 Å². The molecule has 0 aliphatic carbocycles. The Morgan fingerprint density at radius 2 is 2.33 bits per heavy atom. The van der Waals surface area contributed by atoms with Crippen molar-refractivity contribution >= 4 is 0 Å². The van der Waals surface area contributed by atoms with Crippen LogP contribution >= 0.6 is 0 Å². The highest BCUT2D eigenvalue weighted by atomic mass is 16.5. The lowest BCUT2D eigenvalue weighted by Crippen LogP contribution is -2.16. The molecule has 2 nitrogen and oxygen atoms in total. The van der Waals surface area contributed by atoms with Crippen LogP contribution in [0.15, 0.2) is 18.2 Å². The van der Waals surface area contributed by atoms with Crippen molar-refractivity contribution in [3.05, 3.63) is 34.9 Å². The molecule has 0 saturated heterocycles. The minimum atomic E-state index is -0.436. The van der Waals surface area contributed by atoms with E-state index >= 15 is 0 Å². The van der Waals surface area contributed by atoms with Gasteiger partial charge in [-0.15, -0.1) is 0 Å². The number of benzene rings is 1. The third-order valence-corrected chi connectivity index (χ3v) is 2.19. The van der Waals surface area contributed by atoms with Gasteiger partial charge in [-0.2, -0.15) is 0 Å². The number of aliphatic hydroxyl groups is 1. The van der Waals surface area contributed by atoms with Crippen molar-refractivity contribution in [2.45, 2.75) is 19.6 Å². The van der Waals surface area contributed by atoms with Gasteiger partial charge in [-0.3, -0.25) is 0 Å². The standard InChI is InChI=1S/C10H12O2/c1-7-2-3-8-5-12-6-10(11)9(8)4-7/h2-4,10-11H,5-6H2,1H3. The number of aliphatic hydroxyl groups excluding tert-OH is 1. The molecule has 0 radical (unpaired) electrons. The fourth-order valence-electron chi connectivity index (χ4n) is 1.53. The summed E-state index contributed by atoms with van der Waals surface area (Å²) in [5.41, 5.74) is 3.33. The topological polar surface area (TPSA) is 29.5 Å². The summed E-state index contributed by atoms with van der Waals surface area (Å²) < 4.78 is 5.20. The van der Waals surface area contributed by atoms with Gasteiger partial charge in [0, 0.05) is 0 Å². The third kappa shape index (κ3) is 1.24. The van der Waals surface area contributed by atoms with Gasteiger partial charge in [-0.1, -0.05) is 23.8 Å². The Labute approximate surface area is 71.8 Å². The zero-order valence-corrected chi connectivity index (χ0v) is 7.08. The first-order chi connectivity index (χ1) is 5.77. The average molecular weight is 164 g/mol. The maximum Gasteiger partial charge on any atom is 0.103 e. The Balaban J connectivity index is 2.47. The van der Waals surface area contributed by atoms with Gasteiger partial charge >= 0.3 is 0 Å². The van der Waals surface area contributed by atoms with E-state index < -0.39 is 6.10 Å². The predicted molar refractivity (Wildman–Crippen MR) is 45.8 cm³/mol. The summed E-state index contributed by atoms with van der Waals surface area (Å²) in [4.78, 5) is 0. The van der Waals surface area contributed by atoms with E-state index in [1.54, 1.807) is 0 Å². The first kappa shape index (κ1) is 7.77. The zero-order valence-electron chi connectivity index (χ0n) is 7.08. The van der Waals surface area contributed by atoms with E-state index in [1.165, 1.54) is 5.56 Å². The van der Waals surface area contributed by atoms with Crippen molar-refractivity contribution in [2.75, 3.05) is 6.61 Å². The van der Waals surface area contributed by atoms with Gasteiger partial charge in [0.15, 0.2) is 0 Å². The van der Waals surface area contributed by atoms with E-state index in [2.05, 4.69) is 0 Å². The highest BCUT2D eigenvalue weighted by Gasteiger charge is 2.17. The molecular formula is C10H12O2. The van der Waals surface area contributed by atoms with Gasteiger partial charge < -0.3 is 9.84 Å². The second kappa shape index (κ2) is 2.88. The molecule has 12 heavy (non-hydrogen) atoms. The summed E-state index contributed by atoms with van der Waals surface area (Å²) in [6.07, 6.45) is -0.436. The average Bonchev–Trinajstić information content (AvgIpc) is 2.07. The highest BCUT2D eigenvalue weighted by molar-refractivity contribution is 5.33. The van der Waals surface area contributed by atoms with Gasteiger partial charge in [-0.25, -0.2) is 0 Å². The van der Waals surface area contributed by atoms with E-state index in [-0.39, 0.29) is 0 Å². The quantitative estimate of drug-likeness (QED) is 0.630. The fraction of sp³-hybridized carbons (Fsp3) is 0.400. The third-order valence-electron chi connectivity index (χ3n) is 2.19. The minimum Gasteiger partial charge on any atom is -0.386 e. The lowest BCUT2D eigenvalue weighted by molar-refractivity contribution is 0.00977. The lowest BCUT2D eigenvalue weighted by atomic mass is 9.99. The van der Waals surface area contributed by atoms with Crippen LogP contribution in [0.25, 0.3) is 0 Å². The molecule has 0 fully saturated rings. The molecule has 0 saturated carbocycles. The normalized spacial score (nSPS) is 22.0. The van der Waals surface area contributed by atoms with Crippen LogP contribution in [0.2, 0.25) is 0 Å². The molecule has 0 amide bonds. The summed E-state index contributed by atoms with van der Waals surface area (Å²) in [6, 6.07) is 6.09. The van der Waals surface area contributed by atoms with Crippen LogP contribution < -0.4 is 0 Å². The van der Waals surface area contributed by atoms with Crippen LogP contribution in [-0.4, -0.2) is 11.7 Å². The Morgan fingerprint density at radius 1 is 1.50 bits per heavy atom. The Bertz CT molecular complexity index is 294. The monoisotopic (exact) mass is 164 g/mol. The summed E-state index contributed by atoms with van der Waals surface area (Å²) in [6.45, 7) is 3.09. The number of ether oxygens (including phenoxy) is 1. The van der Waals surface area contributed by atoms with Crippen LogP contribution in [-0.2, 0) is 11.3 Å². The minimum absolute atomic E-state index is 0.427. The molecule has 0 spiro atoms. The van der Waals surface area contributed by atoms with Crippen LogP contribution in [0.5, 0.6) is 0 Å². The summed E-state index contributed by atoms with van der Waals surface area (Å²) >= 11 is 0. The Morgan fingerprint density at radius 3 is 3.17 bits per heavy atom. The maximum atomic E-state index is 9.56. The summed E-state index contributed by atoms with van der Waals surface area (Å²) in [5.74, 6) is 0. The van der Waals surface area contributed by atoms with Crippen molar-refractivity contribution in [1.82, 2.24) is 0 Å². The predicted octanol–water partition coefficient (Wildman–Crippen LogP) is 1.56. The van der Waals surface area contributed by atoms with Crippen molar-refractivity contribution in [2.24, 2.45) is 0 Å². The molecule has 1 aromatic carbocycles. The highest BCUT2D eigenvalue weighted by Crippen LogP contribution is 2.25. The fourth-order valence-corrected chi connectivity index (χ4v) is 1.53. The molecule has 1 aliphatic rings. The first-order valence-electron chi connectivity index (χ1n) is 4.12. The number of aryl methyl sites for hydroxylation is 1. The molecule has 0 aromatic heterocycles. The number of fused-ring (bicyclic) bond motifs is 1. The SMILES string of the molecule is Cc1ccc2c(c1)C(O)COC2. The molecule has 1 N–H and O–H groups in total. The van der Waals surface area contributed by atoms with E-state index in [4.69, 9.17) is 4.74 Å². The molecule has 2 heteroatoms. The van der Waals surface area contributed by atoms with Gasteiger partial charge in [0.05, 0.1) is 13.2 Å². The smallest absolute Gasteiger partial charge is 0.103 e. The molecule has 0 bridgehead atoms. The van der Waals surface area contributed by atoms with Crippen molar-refractivity contribution < 1.29 is 9.84 Å². The second-order valence-electron chi connectivity index (χ2n) is 3.23. The number of rotatable bonds is 0. The van der Waals surface area contributed by atoms with Gasteiger partial charge in [0.25, 0.3) is 0 Å². The van der Waals surface area contributed by atoms with E-state index in [0.717, 1.165) is 11.1 Å². The van der Waals surface area contributed by atoms with Gasteiger partial charge in [-0.05, 0) is 18.1 Å². The lowest BCUT2D eigenvalue weighted by Gasteiger charge is -2.21. The molecule has 1 aromatic rings. The van der Waals surface area contributed by atoms with Crippen molar-refractivity contribution in [1.29, 1.82) is 0 Å². The molecule has 1 heterocycles. The maximum absolute atomic E-state index is 9.56. The number of hydrogen-bond donors (Lipinski definition) is 1. The van der Waals surface area contributed by atoms with Gasteiger partial charge in [0.2, 0.25) is 0 Å². The summed E-state index contributed by atoms with van der Waals surface area (Å²) in [7, 11) is 0. The summed E-state index contributed by atoms with van der Waals surface area (Å²) in [5, 5.41) is 9.56. The van der Waals surface area contributed by atoms with Crippen molar-refractivity contribution in [3.8, 4) is 0 Å². The Kier molecular flexibility index (Phi) is 1.87. The molecule has 1 unspecified atom stereocenters. The molecule has 2 rings (SSSR count). The second-order valence-corrected chi connectivity index (χ2v) is 3.23. The molecular weight excluding hydrogens is 152 g/mol. The van der Waals surface area contributed by atoms with Crippen molar-refractivity contribution in [3.63, 3.8) is 0 Å². The number of hydrogen-bond acceptors (Lipinski definition) is 2. The largest absolute Gasteiger partial charge is 0.386 e.